The van der Waals surface area contributed by atoms with Gasteiger partial charge >= 0.3 is 5.97 Å². The van der Waals surface area contributed by atoms with Gasteiger partial charge in [-0.15, -0.1) is 0 Å². The molecule has 0 unspecified atom stereocenters. The predicted octanol–water partition coefficient (Wildman–Crippen LogP) is 3.29. The maximum Gasteiger partial charge on any atom is 0.303 e. The predicted molar refractivity (Wildman–Crippen MR) is 78.0 cm³/mol. The number of rotatable bonds is 4. The Morgan fingerprint density at radius 1 is 1.45 bits per heavy atom. The van der Waals surface area contributed by atoms with E-state index in [1.54, 1.807) is 6.07 Å². The second-order valence-electron chi connectivity index (χ2n) is 5.11. The van der Waals surface area contributed by atoms with Gasteiger partial charge in [-0.25, -0.2) is 0 Å². The van der Waals surface area contributed by atoms with Crippen LogP contribution >= 0.6 is 11.6 Å². The highest BCUT2D eigenvalue weighted by Crippen LogP contribution is 2.31. The molecular weight excluding hydrogens is 276 g/mol. The number of piperidine rings is 1. The highest BCUT2D eigenvalue weighted by Gasteiger charge is 2.22. The molecule has 20 heavy (non-hydrogen) atoms. The summed E-state index contributed by atoms with van der Waals surface area (Å²) in [6.45, 7) is 1.69. The molecule has 0 bridgehead atoms. The monoisotopic (exact) mass is 292 g/mol. The zero-order chi connectivity index (χ0) is 14.5. The molecule has 1 aromatic carbocycles. The lowest BCUT2D eigenvalue weighted by Gasteiger charge is -2.34. The number of halogens is 1. The van der Waals surface area contributed by atoms with E-state index in [0.29, 0.717) is 16.5 Å². The van der Waals surface area contributed by atoms with Gasteiger partial charge in [0, 0.05) is 19.5 Å². The number of hydrogen-bond donors (Lipinski definition) is 1. The van der Waals surface area contributed by atoms with Gasteiger partial charge in [-0.3, -0.25) is 4.79 Å². The normalized spacial score (nSPS) is 15.9. The molecule has 1 heterocycles. The lowest BCUT2D eigenvalue weighted by atomic mass is 9.91. The van der Waals surface area contributed by atoms with Gasteiger partial charge < -0.3 is 10.0 Å². The molecule has 1 fully saturated rings. The summed E-state index contributed by atoms with van der Waals surface area (Å²) in [6.07, 6.45) is 2.91. The molecule has 0 atom stereocenters. The number of carboxylic acid groups (broad SMARTS) is 1. The molecule has 0 aromatic heterocycles. The summed E-state index contributed by atoms with van der Waals surface area (Å²) in [5.41, 5.74) is 1.41. The minimum Gasteiger partial charge on any atom is -0.481 e. The third-order valence-corrected chi connectivity index (χ3v) is 4.14. The third-order valence-electron chi connectivity index (χ3n) is 3.83. The Morgan fingerprint density at radius 3 is 2.75 bits per heavy atom. The maximum absolute atomic E-state index is 10.6. The standard InChI is InChI=1S/C15H17ClN2O2/c16-13-2-1-3-14(12(13)10-17)18-8-6-11(7-9-18)4-5-15(19)20/h1-3,11H,4-9H2,(H,19,20). The minimum absolute atomic E-state index is 0.241. The fraction of sp³-hybridized carbons (Fsp3) is 0.467. The van der Waals surface area contributed by atoms with E-state index in [2.05, 4.69) is 11.0 Å². The van der Waals surface area contributed by atoms with Crippen LogP contribution in [0.3, 0.4) is 0 Å². The van der Waals surface area contributed by atoms with E-state index < -0.39 is 5.97 Å². The zero-order valence-corrected chi connectivity index (χ0v) is 11.9. The Kier molecular flexibility index (Phi) is 4.86. The Balaban J connectivity index is 1.99. The molecule has 0 radical (unpaired) electrons. The summed E-state index contributed by atoms with van der Waals surface area (Å²) in [6, 6.07) is 7.66. The van der Waals surface area contributed by atoms with Crippen LogP contribution in [0.1, 0.15) is 31.2 Å². The van der Waals surface area contributed by atoms with Crippen LogP contribution in [0.15, 0.2) is 18.2 Å². The first-order chi connectivity index (χ1) is 9.61. The van der Waals surface area contributed by atoms with Crippen LogP contribution in [0, 0.1) is 17.2 Å². The van der Waals surface area contributed by atoms with Crippen LogP contribution < -0.4 is 4.90 Å². The summed E-state index contributed by atoms with van der Waals surface area (Å²) < 4.78 is 0. The average Bonchev–Trinajstić information content (AvgIpc) is 2.45. The van der Waals surface area contributed by atoms with Crippen molar-refractivity contribution in [2.75, 3.05) is 18.0 Å². The van der Waals surface area contributed by atoms with E-state index in [-0.39, 0.29) is 6.42 Å². The molecule has 106 valence electrons. The molecule has 5 heteroatoms. The van der Waals surface area contributed by atoms with Gasteiger partial charge in [0.25, 0.3) is 0 Å². The Hall–Kier alpha value is -1.73. The number of benzene rings is 1. The fourth-order valence-electron chi connectivity index (χ4n) is 2.68. The topological polar surface area (TPSA) is 64.3 Å². The number of carbonyl (C=O) groups is 1. The second-order valence-corrected chi connectivity index (χ2v) is 5.52. The summed E-state index contributed by atoms with van der Waals surface area (Å²) in [5.74, 6) is -0.263. The van der Waals surface area contributed by atoms with Gasteiger partial charge in [-0.05, 0) is 37.3 Å². The second kappa shape index (κ2) is 6.62. The number of nitrogens with zero attached hydrogens (tertiary/aromatic N) is 2. The molecule has 0 spiro atoms. The summed E-state index contributed by atoms with van der Waals surface area (Å²) in [4.78, 5) is 12.8. The van der Waals surface area contributed by atoms with Crippen LogP contribution in [-0.2, 0) is 4.79 Å². The first-order valence-corrected chi connectivity index (χ1v) is 7.15. The van der Waals surface area contributed by atoms with Crippen LogP contribution in [0.2, 0.25) is 5.02 Å². The lowest BCUT2D eigenvalue weighted by molar-refractivity contribution is -0.137. The van der Waals surface area contributed by atoms with Crippen LogP contribution in [0.4, 0.5) is 5.69 Å². The molecule has 0 saturated carbocycles. The van der Waals surface area contributed by atoms with E-state index in [1.165, 1.54) is 0 Å². The number of carboxylic acids is 1. The molecule has 4 nitrogen and oxygen atoms in total. The smallest absolute Gasteiger partial charge is 0.303 e. The molecule has 1 N–H and O–H groups in total. The highest BCUT2D eigenvalue weighted by atomic mass is 35.5. The van der Waals surface area contributed by atoms with E-state index in [9.17, 15) is 10.1 Å². The van der Waals surface area contributed by atoms with Crippen molar-refractivity contribution in [3.05, 3.63) is 28.8 Å². The number of anilines is 1. The Labute approximate surface area is 123 Å². The van der Waals surface area contributed by atoms with Gasteiger partial charge in [-0.1, -0.05) is 17.7 Å². The average molecular weight is 293 g/mol. The molecule has 1 aromatic rings. The highest BCUT2D eigenvalue weighted by molar-refractivity contribution is 6.32. The molecule has 1 aliphatic heterocycles. The summed E-state index contributed by atoms with van der Waals surface area (Å²) >= 11 is 6.05. The van der Waals surface area contributed by atoms with Crippen molar-refractivity contribution in [1.82, 2.24) is 0 Å². The van der Waals surface area contributed by atoms with Gasteiger partial charge in [0.05, 0.1) is 16.3 Å². The van der Waals surface area contributed by atoms with Crippen molar-refractivity contribution in [1.29, 1.82) is 5.26 Å². The van der Waals surface area contributed by atoms with Gasteiger partial charge in [-0.2, -0.15) is 5.26 Å². The van der Waals surface area contributed by atoms with Gasteiger partial charge in [0.1, 0.15) is 6.07 Å². The van der Waals surface area contributed by atoms with Crippen molar-refractivity contribution in [3.8, 4) is 6.07 Å². The number of hydrogen-bond acceptors (Lipinski definition) is 3. The molecule has 2 rings (SSSR count). The first kappa shape index (κ1) is 14.7. The number of nitriles is 1. The van der Waals surface area contributed by atoms with Crippen molar-refractivity contribution in [2.24, 2.45) is 5.92 Å². The Morgan fingerprint density at radius 2 is 2.15 bits per heavy atom. The van der Waals surface area contributed by atoms with Gasteiger partial charge in [0.2, 0.25) is 0 Å². The van der Waals surface area contributed by atoms with Crippen molar-refractivity contribution in [2.45, 2.75) is 25.7 Å². The third kappa shape index (κ3) is 3.43. The molecule has 1 aliphatic rings. The van der Waals surface area contributed by atoms with E-state index in [1.807, 2.05) is 12.1 Å². The van der Waals surface area contributed by atoms with Crippen LogP contribution in [0.5, 0.6) is 0 Å². The molecular formula is C15H17ClN2O2. The van der Waals surface area contributed by atoms with Crippen molar-refractivity contribution < 1.29 is 9.90 Å². The molecule has 1 saturated heterocycles. The number of aliphatic carboxylic acids is 1. The largest absolute Gasteiger partial charge is 0.481 e. The zero-order valence-electron chi connectivity index (χ0n) is 11.2. The Bertz CT molecular complexity index is 531. The van der Waals surface area contributed by atoms with Crippen LogP contribution in [0.25, 0.3) is 0 Å². The van der Waals surface area contributed by atoms with E-state index in [0.717, 1.165) is 38.0 Å². The maximum atomic E-state index is 10.6. The van der Waals surface area contributed by atoms with Crippen molar-refractivity contribution in [3.63, 3.8) is 0 Å². The summed E-state index contributed by atoms with van der Waals surface area (Å²) in [7, 11) is 0. The molecule has 0 amide bonds. The SMILES string of the molecule is N#Cc1c(Cl)cccc1N1CCC(CCC(=O)O)CC1. The molecule has 0 aliphatic carbocycles. The fourth-order valence-corrected chi connectivity index (χ4v) is 2.89. The van der Waals surface area contributed by atoms with Crippen molar-refractivity contribution >= 4 is 23.3 Å². The van der Waals surface area contributed by atoms with E-state index in [4.69, 9.17) is 16.7 Å². The van der Waals surface area contributed by atoms with E-state index >= 15 is 0 Å². The van der Waals surface area contributed by atoms with Crippen LogP contribution in [-0.4, -0.2) is 24.2 Å². The lowest BCUT2D eigenvalue weighted by Crippen LogP contribution is -2.34. The first-order valence-electron chi connectivity index (χ1n) is 6.77. The van der Waals surface area contributed by atoms with Gasteiger partial charge in [0.15, 0.2) is 0 Å². The minimum atomic E-state index is -0.728. The summed E-state index contributed by atoms with van der Waals surface area (Å²) in [5, 5.41) is 18.4. The quantitative estimate of drug-likeness (QED) is 0.925.